The van der Waals surface area contributed by atoms with Crippen LogP contribution < -0.4 is 15.4 Å². The summed E-state index contributed by atoms with van der Waals surface area (Å²) in [6.07, 6.45) is 0.905. The first-order valence-corrected chi connectivity index (χ1v) is 10.8. The molecule has 0 atom stereocenters. The number of nitrogens with one attached hydrogen (secondary N) is 2. The fourth-order valence-electron chi connectivity index (χ4n) is 3.46. The molecule has 1 saturated heterocycles. The highest BCUT2D eigenvalue weighted by molar-refractivity contribution is 14.0. The summed E-state index contributed by atoms with van der Waals surface area (Å²) in [6.45, 7) is 8.90. The molecule has 1 heterocycles. The van der Waals surface area contributed by atoms with Crippen molar-refractivity contribution in [1.82, 2.24) is 15.5 Å². The molecule has 0 aliphatic carbocycles. The molecule has 2 aromatic carbocycles. The maximum Gasteiger partial charge on any atom is 0.191 e. The molecule has 1 fully saturated rings. The van der Waals surface area contributed by atoms with E-state index in [0.717, 1.165) is 64.1 Å². The normalized spacial score (nSPS) is 14.6. The van der Waals surface area contributed by atoms with Gasteiger partial charge in [0.25, 0.3) is 0 Å². The Kier molecular flexibility index (Phi) is 11.7. The van der Waals surface area contributed by atoms with Crippen LogP contribution in [-0.2, 0) is 17.8 Å². The number of nitrogens with zero attached hydrogens (tertiary/aromatic N) is 2. The molecule has 0 unspecified atom stereocenters. The number of aliphatic imine (C=N–C) groups is 1. The van der Waals surface area contributed by atoms with Crippen molar-refractivity contribution >= 4 is 29.9 Å². The number of benzene rings is 2. The average Bonchev–Trinajstić information content (AvgIpc) is 2.78. The van der Waals surface area contributed by atoms with Crippen LogP contribution in [0.1, 0.15) is 23.1 Å². The Morgan fingerprint density at radius 2 is 1.74 bits per heavy atom. The van der Waals surface area contributed by atoms with Gasteiger partial charge in [-0.05, 0) is 36.1 Å². The minimum absolute atomic E-state index is 0. The van der Waals surface area contributed by atoms with E-state index in [9.17, 15) is 0 Å². The zero-order valence-electron chi connectivity index (χ0n) is 18.6. The van der Waals surface area contributed by atoms with Crippen molar-refractivity contribution in [2.75, 3.05) is 46.5 Å². The number of morpholine rings is 1. The van der Waals surface area contributed by atoms with Crippen LogP contribution in [0.2, 0.25) is 0 Å². The highest BCUT2D eigenvalue weighted by atomic mass is 127. The van der Waals surface area contributed by atoms with Crippen LogP contribution >= 0.6 is 24.0 Å². The fourth-order valence-corrected chi connectivity index (χ4v) is 3.46. The summed E-state index contributed by atoms with van der Waals surface area (Å²) in [7, 11) is 1.80. The van der Waals surface area contributed by atoms with E-state index in [-0.39, 0.29) is 24.0 Å². The van der Waals surface area contributed by atoms with Gasteiger partial charge in [0.15, 0.2) is 5.96 Å². The predicted octanol–water partition coefficient (Wildman–Crippen LogP) is 3.58. The summed E-state index contributed by atoms with van der Waals surface area (Å²) in [4.78, 5) is 6.79. The Balaban J connectivity index is 0.00000341. The molecule has 6 nitrogen and oxygen atoms in total. The molecule has 0 amide bonds. The molecule has 7 heteroatoms. The Bertz CT molecular complexity index is 810. The lowest BCUT2D eigenvalue weighted by atomic mass is 10.1. The molecule has 170 valence electrons. The van der Waals surface area contributed by atoms with Crippen LogP contribution in [-0.4, -0.2) is 57.4 Å². The zero-order chi connectivity index (χ0) is 21.0. The van der Waals surface area contributed by atoms with Crippen molar-refractivity contribution in [3.8, 4) is 5.75 Å². The molecule has 0 spiro atoms. The van der Waals surface area contributed by atoms with Crippen molar-refractivity contribution in [3.05, 3.63) is 65.2 Å². The lowest BCUT2D eigenvalue weighted by molar-refractivity contribution is 0.0341. The first-order chi connectivity index (χ1) is 14.8. The van der Waals surface area contributed by atoms with Gasteiger partial charge in [0.1, 0.15) is 5.75 Å². The molecule has 1 aliphatic heterocycles. The van der Waals surface area contributed by atoms with E-state index in [4.69, 9.17) is 9.47 Å². The van der Waals surface area contributed by atoms with Crippen LogP contribution in [0.4, 0.5) is 0 Å². The molecular weight excluding hydrogens is 503 g/mol. The maximum atomic E-state index is 5.86. The minimum atomic E-state index is 0. The van der Waals surface area contributed by atoms with E-state index in [1.807, 2.05) is 18.2 Å². The number of hydrogen-bond acceptors (Lipinski definition) is 4. The van der Waals surface area contributed by atoms with E-state index in [0.29, 0.717) is 6.61 Å². The molecule has 3 rings (SSSR count). The third kappa shape index (κ3) is 8.66. The topological polar surface area (TPSA) is 58.1 Å². The smallest absolute Gasteiger partial charge is 0.191 e. The highest BCUT2D eigenvalue weighted by Gasteiger charge is 2.12. The van der Waals surface area contributed by atoms with E-state index < -0.39 is 0 Å². The Labute approximate surface area is 203 Å². The van der Waals surface area contributed by atoms with Gasteiger partial charge in [-0.1, -0.05) is 42.5 Å². The number of halogens is 1. The zero-order valence-corrected chi connectivity index (χ0v) is 20.9. The van der Waals surface area contributed by atoms with E-state index in [2.05, 4.69) is 57.8 Å². The minimum Gasteiger partial charge on any atom is -0.493 e. The van der Waals surface area contributed by atoms with E-state index >= 15 is 0 Å². The standard InChI is InChI=1S/C24H34N4O2.HI/c1-20-8-3-6-11-23(20)30-15-7-12-26-24(25-2)27-18-21-9-4-5-10-22(21)19-28-13-16-29-17-14-28;/h3-6,8-11H,7,12-19H2,1-2H3,(H2,25,26,27);1H. The van der Waals surface area contributed by atoms with Crippen molar-refractivity contribution in [3.63, 3.8) is 0 Å². The average molecular weight is 538 g/mol. The largest absolute Gasteiger partial charge is 0.493 e. The number of rotatable bonds is 9. The first-order valence-electron chi connectivity index (χ1n) is 10.8. The summed E-state index contributed by atoms with van der Waals surface area (Å²) in [5.41, 5.74) is 3.82. The number of guanidine groups is 1. The third-order valence-electron chi connectivity index (χ3n) is 5.25. The second kappa shape index (κ2) is 14.3. The molecule has 2 N–H and O–H groups in total. The SMILES string of the molecule is CN=C(NCCCOc1ccccc1C)NCc1ccccc1CN1CCOCC1.I. The summed E-state index contributed by atoms with van der Waals surface area (Å²) in [5, 5.41) is 6.81. The van der Waals surface area contributed by atoms with Gasteiger partial charge in [-0.2, -0.15) is 0 Å². The molecule has 0 radical (unpaired) electrons. The molecule has 0 saturated carbocycles. The Morgan fingerprint density at radius 1 is 1.03 bits per heavy atom. The van der Waals surface area contributed by atoms with Gasteiger partial charge in [-0.15, -0.1) is 24.0 Å². The number of ether oxygens (including phenoxy) is 2. The maximum absolute atomic E-state index is 5.86. The molecule has 2 aromatic rings. The fraction of sp³-hybridized carbons (Fsp3) is 0.458. The summed E-state index contributed by atoms with van der Waals surface area (Å²) >= 11 is 0. The van der Waals surface area contributed by atoms with E-state index in [1.165, 1.54) is 16.7 Å². The van der Waals surface area contributed by atoms with Crippen molar-refractivity contribution in [2.24, 2.45) is 4.99 Å². The van der Waals surface area contributed by atoms with Gasteiger partial charge < -0.3 is 20.1 Å². The molecule has 0 aromatic heterocycles. The number of aryl methyl sites for hydroxylation is 1. The van der Waals surface area contributed by atoms with Crippen molar-refractivity contribution in [1.29, 1.82) is 0 Å². The van der Waals surface area contributed by atoms with Gasteiger partial charge >= 0.3 is 0 Å². The molecule has 1 aliphatic rings. The summed E-state index contributed by atoms with van der Waals surface area (Å²) in [5.74, 6) is 1.77. The first kappa shape index (κ1) is 25.4. The van der Waals surface area contributed by atoms with Crippen LogP contribution in [0.25, 0.3) is 0 Å². The number of para-hydroxylation sites is 1. The monoisotopic (exact) mass is 538 g/mol. The van der Waals surface area contributed by atoms with Crippen LogP contribution in [0.15, 0.2) is 53.5 Å². The highest BCUT2D eigenvalue weighted by Crippen LogP contribution is 2.16. The van der Waals surface area contributed by atoms with Crippen LogP contribution in [0, 0.1) is 6.92 Å². The van der Waals surface area contributed by atoms with Gasteiger partial charge in [0, 0.05) is 39.8 Å². The molecule has 0 bridgehead atoms. The van der Waals surface area contributed by atoms with Gasteiger partial charge in [0.2, 0.25) is 0 Å². The van der Waals surface area contributed by atoms with Crippen LogP contribution in [0.3, 0.4) is 0 Å². The van der Waals surface area contributed by atoms with Crippen molar-refractivity contribution in [2.45, 2.75) is 26.4 Å². The molecular formula is C24H35IN4O2. The number of hydrogen-bond donors (Lipinski definition) is 2. The van der Waals surface area contributed by atoms with Gasteiger partial charge in [-0.25, -0.2) is 0 Å². The van der Waals surface area contributed by atoms with E-state index in [1.54, 1.807) is 7.05 Å². The Morgan fingerprint density at radius 3 is 2.48 bits per heavy atom. The molecule has 31 heavy (non-hydrogen) atoms. The predicted molar refractivity (Wildman–Crippen MR) is 137 cm³/mol. The van der Waals surface area contributed by atoms with Crippen LogP contribution in [0.5, 0.6) is 5.75 Å². The lowest BCUT2D eigenvalue weighted by Gasteiger charge is -2.27. The second-order valence-electron chi connectivity index (χ2n) is 7.48. The quantitative estimate of drug-likeness (QED) is 0.221. The third-order valence-corrected chi connectivity index (χ3v) is 5.25. The summed E-state index contributed by atoms with van der Waals surface area (Å²) < 4.78 is 11.3. The van der Waals surface area contributed by atoms with Gasteiger partial charge in [0.05, 0.1) is 19.8 Å². The summed E-state index contributed by atoms with van der Waals surface area (Å²) in [6, 6.07) is 16.7. The van der Waals surface area contributed by atoms with Gasteiger partial charge in [-0.3, -0.25) is 9.89 Å². The second-order valence-corrected chi connectivity index (χ2v) is 7.48. The van der Waals surface area contributed by atoms with Crippen molar-refractivity contribution < 1.29 is 9.47 Å². The lowest BCUT2D eigenvalue weighted by Crippen LogP contribution is -2.38. The Hall–Kier alpha value is -1.84.